The van der Waals surface area contributed by atoms with E-state index < -0.39 is 0 Å². The predicted octanol–water partition coefficient (Wildman–Crippen LogP) is 2.88. The van der Waals surface area contributed by atoms with Crippen LogP contribution >= 0.6 is 0 Å². The van der Waals surface area contributed by atoms with Gasteiger partial charge in [-0.2, -0.15) is 5.26 Å². The molecule has 1 aliphatic carbocycles. The zero-order valence-corrected chi connectivity index (χ0v) is 8.29. The molecule has 0 atom stereocenters. The molecule has 0 spiro atoms. The van der Waals surface area contributed by atoms with Crippen LogP contribution in [0.5, 0.6) is 5.75 Å². The monoisotopic (exact) mass is 187 g/mol. The van der Waals surface area contributed by atoms with Gasteiger partial charge in [-0.3, -0.25) is 0 Å². The molecule has 0 heterocycles. The van der Waals surface area contributed by atoms with E-state index in [1.54, 1.807) is 6.07 Å². The van der Waals surface area contributed by atoms with Gasteiger partial charge in [-0.05, 0) is 38.3 Å². The van der Waals surface area contributed by atoms with Crippen LogP contribution in [0.1, 0.15) is 31.7 Å². The van der Waals surface area contributed by atoms with Gasteiger partial charge >= 0.3 is 0 Å². The SMILES string of the molecule is CC1(Oc2ccccc2C#N)CCC1. The highest BCUT2D eigenvalue weighted by molar-refractivity contribution is 5.42. The summed E-state index contributed by atoms with van der Waals surface area (Å²) in [6.45, 7) is 2.10. The molecule has 1 aliphatic rings. The van der Waals surface area contributed by atoms with Gasteiger partial charge < -0.3 is 4.74 Å². The lowest BCUT2D eigenvalue weighted by Crippen LogP contribution is -2.39. The minimum atomic E-state index is -0.0348. The summed E-state index contributed by atoms with van der Waals surface area (Å²) in [5.41, 5.74) is 0.591. The van der Waals surface area contributed by atoms with Crippen molar-refractivity contribution in [2.45, 2.75) is 31.8 Å². The Kier molecular flexibility index (Phi) is 2.17. The van der Waals surface area contributed by atoms with Crippen LogP contribution in [0.25, 0.3) is 0 Å². The lowest BCUT2D eigenvalue weighted by molar-refractivity contribution is 0.0110. The Labute approximate surface area is 84.1 Å². The van der Waals surface area contributed by atoms with E-state index in [1.807, 2.05) is 18.2 Å². The first-order valence-electron chi connectivity index (χ1n) is 4.92. The van der Waals surface area contributed by atoms with E-state index in [2.05, 4.69) is 13.0 Å². The number of para-hydroxylation sites is 1. The molecule has 0 N–H and O–H groups in total. The zero-order valence-electron chi connectivity index (χ0n) is 8.29. The Hall–Kier alpha value is -1.49. The maximum absolute atomic E-state index is 8.88. The van der Waals surface area contributed by atoms with Gasteiger partial charge in [-0.1, -0.05) is 12.1 Å². The number of hydrogen-bond donors (Lipinski definition) is 0. The zero-order chi connectivity index (χ0) is 10.0. The Balaban J connectivity index is 2.20. The van der Waals surface area contributed by atoms with E-state index in [0.29, 0.717) is 5.56 Å². The van der Waals surface area contributed by atoms with Crippen molar-refractivity contribution < 1.29 is 4.74 Å². The first-order chi connectivity index (χ1) is 6.73. The average Bonchev–Trinajstić information content (AvgIpc) is 2.16. The van der Waals surface area contributed by atoms with Gasteiger partial charge in [0.05, 0.1) is 5.56 Å². The number of rotatable bonds is 2. The largest absolute Gasteiger partial charge is 0.486 e. The highest BCUT2D eigenvalue weighted by Gasteiger charge is 2.34. The maximum Gasteiger partial charge on any atom is 0.137 e. The maximum atomic E-state index is 8.88. The quantitative estimate of drug-likeness (QED) is 0.713. The molecule has 1 aromatic rings. The van der Waals surface area contributed by atoms with Crippen molar-refractivity contribution >= 4 is 0 Å². The van der Waals surface area contributed by atoms with Gasteiger partial charge in [0.15, 0.2) is 0 Å². The Bertz CT molecular complexity index is 374. The van der Waals surface area contributed by atoms with Crippen LogP contribution < -0.4 is 4.74 Å². The normalized spacial score (nSPS) is 18.0. The highest BCUT2D eigenvalue weighted by atomic mass is 16.5. The van der Waals surface area contributed by atoms with Gasteiger partial charge in [0.1, 0.15) is 17.4 Å². The average molecular weight is 187 g/mol. The lowest BCUT2D eigenvalue weighted by atomic mass is 9.82. The molecule has 1 aromatic carbocycles. The Morgan fingerprint density at radius 3 is 2.64 bits per heavy atom. The first-order valence-corrected chi connectivity index (χ1v) is 4.92. The van der Waals surface area contributed by atoms with Crippen molar-refractivity contribution in [2.24, 2.45) is 0 Å². The molecule has 0 radical (unpaired) electrons. The van der Waals surface area contributed by atoms with Crippen LogP contribution in [0.2, 0.25) is 0 Å². The molecule has 0 aliphatic heterocycles. The number of hydrogen-bond acceptors (Lipinski definition) is 2. The van der Waals surface area contributed by atoms with Crippen LogP contribution in [0.3, 0.4) is 0 Å². The molecule has 0 aromatic heterocycles. The molecule has 0 unspecified atom stereocenters. The van der Waals surface area contributed by atoms with Crippen molar-refractivity contribution in [2.75, 3.05) is 0 Å². The number of benzene rings is 1. The van der Waals surface area contributed by atoms with Crippen LogP contribution in [-0.2, 0) is 0 Å². The smallest absolute Gasteiger partial charge is 0.137 e. The first kappa shape index (κ1) is 9.08. The fraction of sp³-hybridized carbons (Fsp3) is 0.417. The van der Waals surface area contributed by atoms with Gasteiger partial charge in [0.2, 0.25) is 0 Å². The molecule has 0 bridgehead atoms. The van der Waals surface area contributed by atoms with Crippen molar-refractivity contribution in [3.8, 4) is 11.8 Å². The highest BCUT2D eigenvalue weighted by Crippen LogP contribution is 2.36. The van der Waals surface area contributed by atoms with Crippen molar-refractivity contribution in [3.63, 3.8) is 0 Å². The second-order valence-corrected chi connectivity index (χ2v) is 4.01. The summed E-state index contributed by atoms with van der Waals surface area (Å²) in [5, 5.41) is 8.88. The summed E-state index contributed by atoms with van der Waals surface area (Å²) in [7, 11) is 0. The number of nitriles is 1. The van der Waals surface area contributed by atoms with E-state index >= 15 is 0 Å². The van der Waals surface area contributed by atoms with Gasteiger partial charge in [-0.25, -0.2) is 0 Å². The third-order valence-electron chi connectivity index (χ3n) is 2.78. The van der Waals surface area contributed by atoms with Crippen LogP contribution in [-0.4, -0.2) is 5.60 Å². The number of ether oxygens (including phenoxy) is 1. The van der Waals surface area contributed by atoms with E-state index in [0.717, 1.165) is 18.6 Å². The van der Waals surface area contributed by atoms with Crippen LogP contribution in [0, 0.1) is 11.3 Å². The fourth-order valence-electron chi connectivity index (χ4n) is 1.69. The molecule has 2 heteroatoms. The minimum absolute atomic E-state index is 0.0348. The van der Waals surface area contributed by atoms with E-state index in [4.69, 9.17) is 10.00 Å². The van der Waals surface area contributed by atoms with Crippen molar-refractivity contribution in [3.05, 3.63) is 29.8 Å². The van der Waals surface area contributed by atoms with E-state index in [-0.39, 0.29) is 5.60 Å². The van der Waals surface area contributed by atoms with Crippen LogP contribution in [0.4, 0.5) is 0 Å². The third-order valence-corrected chi connectivity index (χ3v) is 2.78. The topological polar surface area (TPSA) is 33.0 Å². The summed E-state index contributed by atoms with van der Waals surface area (Å²) in [6.07, 6.45) is 3.41. The summed E-state index contributed by atoms with van der Waals surface area (Å²) in [5.74, 6) is 0.720. The summed E-state index contributed by atoms with van der Waals surface area (Å²) in [4.78, 5) is 0. The molecule has 14 heavy (non-hydrogen) atoms. The van der Waals surface area contributed by atoms with Crippen molar-refractivity contribution in [1.82, 2.24) is 0 Å². The predicted molar refractivity (Wildman–Crippen MR) is 54.0 cm³/mol. The van der Waals surface area contributed by atoms with Crippen molar-refractivity contribution in [1.29, 1.82) is 5.26 Å². The molecule has 0 amide bonds. The summed E-state index contributed by atoms with van der Waals surface area (Å²) >= 11 is 0. The Morgan fingerprint density at radius 2 is 2.07 bits per heavy atom. The summed E-state index contributed by atoms with van der Waals surface area (Å²) < 4.78 is 5.84. The summed E-state index contributed by atoms with van der Waals surface area (Å²) in [6, 6.07) is 9.55. The molecule has 0 saturated heterocycles. The second kappa shape index (κ2) is 3.34. The van der Waals surface area contributed by atoms with E-state index in [9.17, 15) is 0 Å². The number of nitrogens with zero attached hydrogens (tertiary/aromatic N) is 1. The molecule has 2 nitrogen and oxygen atoms in total. The fourth-order valence-corrected chi connectivity index (χ4v) is 1.69. The molecule has 72 valence electrons. The minimum Gasteiger partial charge on any atom is -0.486 e. The third kappa shape index (κ3) is 1.58. The molecular weight excluding hydrogens is 174 g/mol. The second-order valence-electron chi connectivity index (χ2n) is 4.01. The lowest BCUT2D eigenvalue weighted by Gasteiger charge is -2.38. The van der Waals surface area contributed by atoms with Crippen LogP contribution in [0.15, 0.2) is 24.3 Å². The molecule has 1 saturated carbocycles. The van der Waals surface area contributed by atoms with E-state index in [1.165, 1.54) is 6.42 Å². The van der Waals surface area contributed by atoms with Gasteiger partial charge in [0, 0.05) is 0 Å². The van der Waals surface area contributed by atoms with Gasteiger partial charge in [-0.15, -0.1) is 0 Å². The standard InChI is InChI=1S/C12H13NO/c1-12(7-4-8-12)14-11-6-3-2-5-10(11)9-13/h2-3,5-6H,4,7-8H2,1H3. The van der Waals surface area contributed by atoms with Gasteiger partial charge in [0.25, 0.3) is 0 Å². The molecule has 1 fully saturated rings. The molecular formula is C12H13NO. The molecule has 2 rings (SSSR count). The Morgan fingerprint density at radius 1 is 1.36 bits per heavy atom.